The van der Waals surface area contributed by atoms with Gasteiger partial charge >= 0.3 is 0 Å². The molecule has 4 rings (SSSR count). The molecule has 1 atom stereocenters. The number of likely N-dealkylation sites (tertiary alicyclic amines) is 1. The zero-order valence-corrected chi connectivity index (χ0v) is 19.0. The van der Waals surface area contributed by atoms with Gasteiger partial charge in [0.15, 0.2) is 5.78 Å². The number of nitrogens with zero attached hydrogens (tertiary/aromatic N) is 3. The molecule has 1 aromatic heterocycles. The summed E-state index contributed by atoms with van der Waals surface area (Å²) in [4.78, 5) is 38.6. The van der Waals surface area contributed by atoms with Crippen LogP contribution in [0.5, 0.6) is 0 Å². The molecule has 8 nitrogen and oxygen atoms in total. The first-order valence-corrected chi connectivity index (χ1v) is 11.2. The summed E-state index contributed by atoms with van der Waals surface area (Å²) in [5, 5.41) is 4.66. The van der Waals surface area contributed by atoms with Gasteiger partial charge in [-0.2, -0.15) is 5.10 Å². The van der Waals surface area contributed by atoms with Crippen LogP contribution in [0.3, 0.4) is 0 Å². The number of aryl methyl sites for hydroxylation is 1. The summed E-state index contributed by atoms with van der Waals surface area (Å²) in [6.45, 7) is 7.30. The van der Waals surface area contributed by atoms with E-state index in [-0.39, 0.29) is 17.1 Å². The summed E-state index contributed by atoms with van der Waals surface area (Å²) in [5.41, 5.74) is 16.0. The Kier molecular flexibility index (Phi) is 5.67. The Hall–Kier alpha value is -3.00. The van der Waals surface area contributed by atoms with Crippen molar-refractivity contribution in [3.8, 4) is 5.69 Å². The van der Waals surface area contributed by atoms with Crippen molar-refractivity contribution in [2.24, 2.45) is 16.9 Å². The fourth-order valence-corrected chi connectivity index (χ4v) is 4.96. The van der Waals surface area contributed by atoms with E-state index < -0.39 is 11.9 Å². The molecule has 32 heavy (non-hydrogen) atoms. The fraction of sp³-hybridized carbons (Fsp3) is 0.500. The first kappa shape index (κ1) is 22.2. The minimum atomic E-state index is -0.547. The summed E-state index contributed by atoms with van der Waals surface area (Å²) < 4.78 is 1.80. The quantitative estimate of drug-likeness (QED) is 0.718. The molecule has 0 saturated carbocycles. The third-order valence-corrected chi connectivity index (χ3v) is 6.55. The number of carbonyl (C=O) groups is 3. The van der Waals surface area contributed by atoms with Crippen molar-refractivity contribution in [3.05, 3.63) is 46.3 Å². The number of Topliss-reactive ketones (excluding diaryl/α,β-unsaturated/α-hetero) is 1. The molecule has 2 aromatic rings. The third kappa shape index (κ3) is 4.07. The summed E-state index contributed by atoms with van der Waals surface area (Å²) >= 11 is 0. The zero-order valence-electron chi connectivity index (χ0n) is 19.0. The topological polar surface area (TPSA) is 124 Å². The van der Waals surface area contributed by atoms with E-state index in [4.69, 9.17) is 11.5 Å². The summed E-state index contributed by atoms with van der Waals surface area (Å²) in [7, 11) is 0. The molecule has 2 amide bonds. The van der Waals surface area contributed by atoms with Crippen LogP contribution in [0, 0.1) is 12.3 Å². The number of fused-ring (bicyclic) bond motifs is 1. The average molecular weight is 438 g/mol. The van der Waals surface area contributed by atoms with Gasteiger partial charge < -0.3 is 16.4 Å². The molecule has 0 radical (unpaired) electrons. The van der Waals surface area contributed by atoms with Gasteiger partial charge in [-0.1, -0.05) is 13.8 Å². The van der Waals surface area contributed by atoms with Crippen LogP contribution in [0.1, 0.15) is 83.2 Å². The van der Waals surface area contributed by atoms with Crippen LogP contribution >= 0.6 is 0 Å². The van der Waals surface area contributed by atoms with Gasteiger partial charge in [0, 0.05) is 37.5 Å². The smallest absolute Gasteiger partial charge is 0.249 e. The molecule has 8 heteroatoms. The fourth-order valence-electron chi connectivity index (χ4n) is 4.96. The molecule has 170 valence electrons. The summed E-state index contributed by atoms with van der Waals surface area (Å²) in [5.74, 6) is -0.290. The van der Waals surface area contributed by atoms with Gasteiger partial charge in [0.05, 0.1) is 22.6 Å². The molecular formula is C24H31N5O3. The summed E-state index contributed by atoms with van der Waals surface area (Å²) in [6.07, 6.45) is 3.20. The number of aromatic nitrogens is 2. The number of hydrogen-bond acceptors (Lipinski definition) is 5. The van der Waals surface area contributed by atoms with Crippen molar-refractivity contribution < 1.29 is 14.4 Å². The van der Waals surface area contributed by atoms with Crippen molar-refractivity contribution in [2.45, 2.75) is 58.9 Å². The molecule has 1 aliphatic heterocycles. The Labute approximate surface area is 187 Å². The maximum atomic E-state index is 12.8. The molecule has 0 bridgehead atoms. The normalized spacial score (nSPS) is 18.7. The number of primary amides is 1. The van der Waals surface area contributed by atoms with Crippen LogP contribution in [-0.2, 0) is 11.2 Å². The Morgan fingerprint density at radius 2 is 2.00 bits per heavy atom. The van der Waals surface area contributed by atoms with E-state index in [9.17, 15) is 14.4 Å². The number of ketones is 1. The van der Waals surface area contributed by atoms with Gasteiger partial charge in [-0.05, 0) is 55.4 Å². The van der Waals surface area contributed by atoms with E-state index in [1.165, 1.54) is 0 Å². The van der Waals surface area contributed by atoms with Crippen LogP contribution in [0.15, 0.2) is 18.2 Å². The van der Waals surface area contributed by atoms with Gasteiger partial charge in [-0.15, -0.1) is 0 Å². The number of benzene rings is 1. The minimum Gasteiger partial charge on any atom is -0.366 e. The standard InChI is InChI=1S/C24H31N5O3/c1-14-22-19(12-24(2,3)13-20(22)30)29(27-14)15-6-7-16(23(26)32)17(11-15)18(25)8-10-28-9-4-5-21(28)31/h6-7,11,18H,4-5,8-10,12-13,25H2,1-3H3,(H2,26,32). The van der Waals surface area contributed by atoms with E-state index >= 15 is 0 Å². The van der Waals surface area contributed by atoms with Crippen molar-refractivity contribution in [3.63, 3.8) is 0 Å². The number of hydrogen-bond donors (Lipinski definition) is 2. The lowest BCUT2D eigenvalue weighted by Gasteiger charge is -2.29. The highest BCUT2D eigenvalue weighted by molar-refractivity contribution is 6.00. The second-order valence-corrected chi connectivity index (χ2v) is 9.78. The second kappa shape index (κ2) is 8.16. The maximum Gasteiger partial charge on any atom is 0.249 e. The van der Waals surface area contributed by atoms with Gasteiger partial charge in [0.2, 0.25) is 11.8 Å². The number of carbonyl (C=O) groups excluding carboxylic acids is 3. The highest BCUT2D eigenvalue weighted by Gasteiger charge is 2.36. The molecule has 1 fully saturated rings. The van der Waals surface area contributed by atoms with Crippen molar-refractivity contribution >= 4 is 17.6 Å². The molecular weight excluding hydrogens is 406 g/mol. The Morgan fingerprint density at radius 3 is 2.66 bits per heavy atom. The van der Waals surface area contributed by atoms with E-state index in [1.807, 2.05) is 17.9 Å². The van der Waals surface area contributed by atoms with Crippen molar-refractivity contribution in [1.29, 1.82) is 0 Å². The van der Waals surface area contributed by atoms with Crippen molar-refractivity contribution in [2.75, 3.05) is 13.1 Å². The van der Waals surface area contributed by atoms with Crippen molar-refractivity contribution in [1.82, 2.24) is 14.7 Å². The van der Waals surface area contributed by atoms with E-state index in [1.54, 1.807) is 16.8 Å². The maximum absolute atomic E-state index is 12.8. The van der Waals surface area contributed by atoms with Crippen LogP contribution in [0.4, 0.5) is 0 Å². The molecule has 1 unspecified atom stereocenters. The highest BCUT2D eigenvalue weighted by Crippen LogP contribution is 2.37. The second-order valence-electron chi connectivity index (χ2n) is 9.78. The predicted octanol–water partition coefficient (Wildman–Crippen LogP) is 2.45. The molecule has 2 aliphatic rings. The Bertz CT molecular complexity index is 1100. The van der Waals surface area contributed by atoms with Gasteiger partial charge in [-0.3, -0.25) is 14.4 Å². The van der Waals surface area contributed by atoms with E-state index in [0.717, 1.165) is 30.8 Å². The van der Waals surface area contributed by atoms with E-state index in [2.05, 4.69) is 18.9 Å². The number of rotatable bonds is 6. The lowest BCUT2D eigenvalue weighted by atomic mass is 9.75. The summed E-state index contributed by atoms with van der Waals surface area (Å²) in [6, 6.07) is 4.85. The molecule has 4 N–H and O–H groups in total. The zero-order chi connectivity index (χ0) is 23.2. The molecule has 2 heterocycles. The van der Waals surface area contributed by atoms with E-state index in [0.29, 0.717) is 48.2 Å². The van der Waals surface area contributed by atoms with Crippen LogP contribution in [0.25, 0.3) is 5.69 Å². The SMILES string of the molecule is Cc1nn(-c2ccc(C(N)=O)c(C(N)CCN3CCCC3=O)c2)c2c1C(=O)CC(C)(C)C2. The van der Waals surface area contributed by atoms with Crippen LogP contribution in [0.2, 0.25) is 0 Å². The lowest BCUT2D eigenvalue weighted by Crippen LogP contribution is -2.29. The first-order chi connectivity index (χ1) is 15.1. The third-order valence-electron chi connectivity index (χ3n) is 6.55. The molecule has 1 saturated heterocycles. The monoisotopic (exact) mass is 437 g/mol. The van der Waals surface area contributed by atoms with Gasteiger partial charge in [0.1, 0.15) is 0 Å². The largest absolute Gasteiger partial charge is 0.366 e. The van der Waals surface area contributed by atoms with Gasteiger partial charge in [0.25, 0.3) is 0 Å². The van der Waals surface area contributed by atoms with Crippen LogP contribution in [-0.4, -0.2) is 45.4 Å². The lowest BCUT2D eigenvalue weighted by molar-refractivity contribution is -0.127. The highest BCUT2D eigenvalue weighted by atomic mass is 16.2. The predicted molar refractivity (Wildman–Crippen MR) is 121 cm³/mol. The number of nitrogens with two attached hydrogens (primary N) is 2. The molecule has 1 aliphatic carbocycles. The first-order valence-electron chi connectivity index (χ1n) is 11.2. The Balaban J connectivity index is 1.70. The number of amides is 2. The van der Waals surface area contributed by atoms with Crippen LogP contribution < -0.4 is 11.5 Å². The van der Waals surface area contributed by atoms with Gasteiger partial charge in [-0.25, -0.2) is 4.68 Å². The molecule has 1 aromatic carbocycles. The Morgan fingerprint density at radius 1 is 1.25 bits per heavy atom. The average Bonchev–Trinajstić information content (AvgIpc) is 3.27. The minimum absolute atomic E-state index is 0.112. The molecule has 0 spiro atoms.